The molecule has 0 unspecified atom stereocenters. The summed E-state index contributed by atoms with van der Waals surface area (Å²) in [4.78, 5) is 23.2. The van der Waals surface area contributed by atoms with Crippen LogP contribution in [0.1, 0.15) is 44.7 Å². The Morgan fingerprint density at radius 1 is 1.32 bits per heavy atom. The predicted molar refractivity (Wildman–Crippen MR) is 84.0 cm³/mol. The van der Waals surface area contributed by atoms with Crippen molar-refractivity contribution in [1.29, 1.82) is 0 Å². The molecule has 0 aliphatic heterocycles. The third kappa shape index (κ3) is 4.00. The highest BCUT2D eigenvalue weighted by molar-refractivity contribution is 5.86. The van der Waals surface area contributed by atoms with Crippen molar-refractivity contribution in [2.24, 2.45) is 5.41 Å². The average Bonchev–Trinajstić information content (AvgIpc) is 3.12. The smallest absolute Gasteiger partial charge is 0.412 e. The summed E-state index contributed by atoms with van der Waals surface area (Å²) in [6.07, 6.45) is 1.41. The number of carboxylic acid groups (broad SMARTS) is 1. The van der Waals surface area contributed by atoms with Crippen molar-refractivity contribution in [2.45, 2.75) is 52.6 Å². The first-order valence-electron chi connectivity index (χ1n) is 7.44. The number of carbonyl (C=O) groups excluding carboxylic acids is 1. The zero-order valence-electron chi connectivity index (χ0n) is 13.5. The minimum atomic E-state index is -0.741. The number of ether oxygens (including phenoxy) is 1. The largest absolute Gasteiger partial charge is 0.481 e. The molecule has 0 heterocycles. The number of nitrogens with one attached hydrogen (secondary N) is 1. The number of carboxylic acids is 1. The van der Waals surface area contributed by atoms with Gasteiger partial charge in [0.2, 0.25) is 0 Å². The predicted octanol–water partition coefficient (Wildman–Crippen LogP) is 3.75. The van der Waals surface area contributed by atoms with Gasteiger partial charge in [-0.05, 0) is 64.2 Å². The third-order valence-electron chi connectivity index (χ3n) is 3.79. The van der Waals surface area contributed by atoms with Gasteiger partial charge in [0, 0.05) is 5.69 Å². The minimum Gasteiger partial charge on any atom is -0.481 e. The van der Waals surface area contributed by atoms with E-state index in [1.165, 1.54) is 0 Å². The molecule has 1 saturated carbocycles. The van der Waals surface area contributed by atoms with E-state index in [9.17, 15) is 14.7 Å². The Morgan fingerprint density at radius 3 is 2.45 bits per heavy atom. The number of hydrogen-bond donors (Lipinski definition) is 2. The molecule has 0 aromatic heterocycles. The molecule has 5 heteroatoms. The number of benzene rings is 1. The highest BCUT2D eigenvalue weighted by Gasteiger charge is 2.49. The second-order valence-corrected chi connectivity index (χ2v) is 7.04. The van der Waals surface area contributed by atoms with Crippen LogP contribution in [0.5, 0.6) is 0 Å². The lowest BCUT2D eigenvalue weighted by molar-refractivity contribution is -0.143. The van der Waals surface area contributed by atoms with E-state index < -0.39 is 23.1 Å². The second-order valence-electron chi connectivity index (χ2n) is 7.04. The maximum absolute atomic E-state index is 11.9. The van der Waals surface area contributed by atoms with Crippen LogP contribution in [0.15, 0.2) is 18.2 Å². The number of rotatable bonds is 4. The fourth-order valence-corrected chi connectivity index (χ4v) is 2.34. The molecule has 1 aromatic rings. The molecule has 0 atom stereocenters. The summed E-state index contributed by atoms with van der Waals surface area (Å²) in [5.41, 5.74) is 1.31. The van der Waals surface area contributed by atoms with Gasteiger partial charge in [0.25, 0.3) is 0 Å². The van der Waals surface area contributed by atoms with Crippen LogP contribution >= 0.6 is 0 Å². The van der Waals surface area contributed by atoms with Crippen molar-refractivity contribution in [2.75, 3.05) is 5.32 Å². The van der Waals surface area contributed by atoms with Gasteiger partial charge in [-0.15, -0.1) is 0 Å². The summed E-state index contributed by atoms with van der Waals surface area (Å²) < 4.78 is 5.24. The van der Waals surface area contributed by atoms with E-state index in [2.05, 4.69) is 5.32 Å². The number of anilines is 1. The normalized spacial score (nSPS) is 16.0. The number of hydrogen-bond acceptors (Lipinski definition) is 3. The van der Waals surface area contributed by atoms with Crippen molar-refractivity contribution < 1.29 is 19.4 Å². The molecule has 2 N–H and O–H groups in total. The molecule has 0 saturated heterocycles. The Hall–Kier alpha value is -2.04. The van der Waals surface area contributed by atoms with E-state index >= 15 is 0 Å². The van der Waals surface area contributed by atoms with Crippen molar-refractivity contribution >= 4 is 17.7 Å². The lowest BCUT2D eigenvalue weighted by Gasteiger charge is -2.20. The van der Waals surface area contributed by atoms with Crippen LogP contribution in [0, 0.1) is 12.3 Å². The summed E-state index contributed by atoms with van der Waals surface area (Å²) >= 11 is 0. The lowest BCUT2D eigenvalue weighted by Crippen LogP contribution is -2.27. The summed E-state index contributed by atoms with van der Waals surface area (Å²) in [6, 6.07) is 5.64. The van der Waals surface area contributed by atoms with Crippen molar-refractivity contribution in [3.63, 3.8) is 0 Å². The molecule has 1 amide bonds. The molecule has 0 radical (unpaired) electrons. The fourth-order valence-electron chi connectivity index (χ4n) is 2.34. The zero-order chi connectivity index (χ0) is 16.5. The van der Waals surface area contributed by atoms with Crippen molar-refractivity contribution in [3.8, 4) is 0 Å². The van der Waals surface area contributed by atoms with E-state index in [1.54, 1.807) is 20.8 Å². The Morgan fingerprint density at radius 2 is 1.95 bits per heavy atom. The molecular formula is C17H23NO4. The van der Waals surface area contributed by atoms with Gasteiger partial charge >= 0.3 is 12.1 Å². The van der Waals surface area contributed by atoms with Gasteiger partial charge in [-0.2, -0.15) is 0 Å². The topological polar surface area (TPSA) is 75.6 Å². The third-order valence-corrected chi connectivity index (χ3v) is 3.79. The molecule has 0 spiro atoms. The van der Waals surface area contributed by atoms with Crippen LogP contribution < -0.4 is 5.32 Å². The highest BCUT2D eigenvalue weighted by Crippen LogP contribution is 2.48. The molecule has 5 nitrogen and oxygen atoms in total. The number of aliphatic carboxylic acids is 1. The number of aryl methyl sites for hydroxylation is 1. The van der Waals surface area contributed by atoms with Crippen LogP contribution in [-0.2, 0) is 16.0 Å². The molecule has 22 heavy (non-hydrogen) atoms. The fraction of sp³-hybridized carbons (Fsp3) is 0.529. The highest BCUT2D eigenvalue weighted by atomic mass is 16.6. The standard InChI is InChI=1S/C17H23NO4/c1-11-5-6-12(10-17(7-8-17)14(19)20)9-13(11)18-15(21)22-16(2,3)4/h5-6,9H,7-8,10H2,1-4H3,(H,18,21)(H,19,20). The minimum absolute atomic E-state index is 0.492. The molecule has 1 aromatic carbocycles. The maximum atomic E-state index is 11.9. The van der Waals surface area contributed by atoms with Crippen LogP contribution in [0.3, 0.4) is 0 Å². The van der Waals surface area contributed by atoms with Crippen LogP contribution in [0.25, 0.3) is 0 Å². The molecular weight excluding hydrogens is 282 g/mol. The van der Waals surface area contributed by atoms with Crippen molar-refractivity contribution in [3.05, 3.63) is 29.3 Å². The zero-order valence-corrected chi connectivity index (χ0v) is 13.5. The van der Waals surface area contributed by atoms with E-state index in [-0.39, 0.29) is 0 Å². The van der Waals surface area contributed by atoms with Crippen LogP contribution in [0.4, 0.5) is 10.5 Å². The average molecular weight is 305 g/mol. The monoisotopic (exact) mass is 305 g/mol. The van der Waals surface area contributed by atoms with Gasteiger partial charge in [0.15, 0.2) is 0 Å². The summed E-state index contributed by atoms with van der Waals surface area (Å²) in [7, 11) is 0. The first kappa shape index (κ1) is 16.3. The molecule has 0 bridgehead atoms. The van der Waals surface area contributed by atoms with Gasteiger partial charge in [-0.3, -0.25) is 10.1 Å². The van der Waals surface area contributed by atoms with E-state index in [0.29, 0.717) is 24.9 Å². The molecule has 1 aliphatic carbocycles. The van der Waals surface area contributed by atoms with Gasteiger partial charge < -0.3 is 9.84 Å². The number of amides is 1. The SMILES string of the molecule is Cc1ccc(CC2(C(=O)O)CC2)cc1NC(=O)OC(C)(C)C. The van der Waals surface area contributed by atoms with Gasteiger partial charge in [-0.25, -0.2) is 4.79 Å². The summed E-state index contributed by atoms with van der Waals surface area (Å²) in [5, 5.41) is 12.0. The maximum Gasteiger partial charge on any atom is 0.412 e. The molecule has 1 aliphatic rings. The van der Waals surface area contributed by atoms with Crippen LogP contribution in [0.2, 0.25) is 0 Å². The first-order chi connectivity index (χ1) is 10.1. The van der Waals surface area contributed by atoms with E-state index in [0.717, 1.165) is 11.1 Å². The Kier molecular flexibility index (Phi) is 4.18. The van der Waals surface area contributed by atoms with E-state index in [1.807, 2.05) is 25.1 Å². The summed E-state index contributed by atoms with van der Waals surface area (Å²) in [5.74, 6) is -0.741. The molecule has 120 valence electrons. The Bertz CT molecular complexity index is 597. The van der Waals surface area contributed by atoms with Crippen molar-refractivity contribution in [1.82, 2.24) is 0 Å². The van der Waals surface area contributed by atoms with E-state index in [4.69, 9.17) is 4.74 Å². The molecule has 2 rings (SSSR count). The lowest BCUT2D eigenvalue weighted by atomic mass is 9.95. The van der Waals surface area contributed by atoms with Gasteiger partial charge in [0.1, 0.15) is 5.60 Å². The Balaban J connectivity index is 2.10. The summed E-state index contributed by atoms with van der Waals surface area (Å²) in [6.45, 7) is 7.30. The molecule has 1 fully saturated rings. The first-order valence-corrected chi connectivity index (χ1v) is 7.44. The second kappa shape index (κ2) is 5.63. The van der Waals surface area contributed by atoms with Gasteiger partial charge in [-0.1, -0.05) is 12.1 Å². The quantitative estimate of drug-likeness (QED) is 0.888. The number of carbonyl (C=O) groups is 2. The van der Waals surface area contributed by atoms with Crippen LogP contribution in [-0.4, -0.2) is 22.8 Å². The Labute approximate surface area is 130 Å². The van der Waals surface area contributed by atoms with Gasteiger partial charge in [0.05, 0.1) is 5.41 Å².